The highest BCUT2D eigenvalue weighted by Gasteiger charge is 2.30. The molecule has 0 fully saturated rings. The van der Waals surface area contributed by atoms with E-state index in [1.807, 2.05) is 0 Å². The van der Waals surface area contributed by atoms with Crippen molar-refractivity contribution in [3.63, 3.8) is 0 Å². The summed E-state index contributed by atoms with van der Waals surface area (Å²) in [6.45, 7) is 2.74. The van der Waals surface area contributed by atoms with E-state index >= 15 is 0 Å². The molecule has 2 amide bonds. The van der Waals surface area contributed by atoms with Crippen LogP contribution in [0.25, 0.3) is 0 Å². The van der Waals surface area contributed by atoms with Gasteiger partial charge in [-0.15, -0.1) is 0 Å². The standard InChI is InChI=1S/C26H28N4O8/c1-13(25(35)37-3)27-11-21(31)29-15-5-7-17-19(9-15)24(34)20-10-16(6-8-18(20)23(17)33)30-22(32)12-28-14(2)26(36)38-4/h5-10,13-14,27-28H,11-12H2,1-4H3,(H,29,31)(H,30,32)/t13-,14+. The first-order valence-electron chi connectivity index (χ1n) is 11.6. The van der Waals surface area contributed by atoms with Gasteiger partial charge in [0.25, 0.3) is 0 Å². The molecule has 0 aromatic heterocycles. The summed E-state index contributed by atoms with van der Waals surface area (Å²) in [6, 6.07) is 7.37. The number of esters is 2. The van der Waals surface area contributed by atoms with Gasteiger partial charge in [-0.05, 0) is 50.2 Å². The minimum Gasteiger partial charge on any atom is -0.468 e. The number of rotatable bonds is 10. The SMILES string of the molecule is COC(=O)[C@H](C)NCC(=O)Nc1ccc2c(c1)C(=O)c1cc(NC(=O)CN[C@H](C)C(=O)OC)ccc1C2=O. The summed E-state index contributed by atoms with van der Waals surface area (Å²) in [7, 11) is 2.48. The summed E-state index contributed by atoms with van der Waals surface area (Å²) in [6.07, 6.45) is 0. The highest BCUT2D eigenvalue weighted by molar-refractivity contribution is 6.29. The number of hydrogen-bond donors (Lipinski definition) is 4. The van der Waals surface area contributed by atoms with E-state index in [0.717, 1.165) is 0 Å². The first-order chi connectivity index (χ1) is 18.0. The molecule has 0 saturated heterocycles. The summed E-state index contributed by atoms with van der Waals surface area (Å²) < 4.78 is 9.19. The third-order valence-corrected chi connectivity index (χ3v) is 5.83. The van der Waals surface area contributed by atoms with Crippen molar-refractivity contribution in [2.75, 3.05) is 37.9 Å². The quantitative estimate of drug-likeness (QED) is 0.276. The van der Waals surface area contributed by atoms with Crippen LogP contribution in [0, 0.1) is 0 Å². The predicted molar refractivity (Wildman–Crippen MR) is 136 cm³/mol. The number of ketones is 2. The zero-order valence-electron chi connectivity index (χ0n) is 21.3. The molecule has 0 aliphatic heterocycles. The molecule has 0 heterocycles. The number of methoxy groups -OCH3 is 2. The van der Waals surface area contributed by atoms with Gasteiger partial charge in [-0.1, -0.05) is 0 Å². The largest absolute Gasteiger partial charge is 0.468 e. The molecular formula is C26H28N4O8. The smallest absolute Gasteiger partial charge is 0.322 e. The van der Waals surface area contributed by atoms with Crippen molar-refractivity contribution in [1.29, 1.82) is 0 Å². The Labute approximate surface area is 218 Å². The van der Waals surface area contributed by atoms with E-state index in [1.165, 1.54) is 50.6 Å². The van der Waals surface area contributed by atoms with Crippen LogP contribution in [0.4, 0.5) is 11.4 Å². The van der Waals surface area contributed by atoms with Gasteiger partial charge in [-0.25, -0.2) is 0 Å². The Balaban J connectivity index is 1.71. The second-order valence-electron chi connectivity index (χ2n) is 8.53. The first kappa shape index (κ1) is 28.2. The van der Waals surface area contributed by atoms with Crippen molar-refractivity contribution in [3.8, 4) is 0 Å². The molecule has 2 atom stereocenters. The van der Waals surface area contributed by atoms with Crippen LogP contribution in [0.15, 0.2) is 36.4 Å². The monoisotopic (exact) mass is 524 g/mol. The zero-order chi connectivity index (χ0) is 28.0. The summed E-state index contributed by atoms with van der Waals surface area (Å²) in [5.41, 5.74) is 1.18. The summed E-state index contributed by atoms with van der Waals surface area (Å²) in [5, 5.41) is 10.7. The van der Waals surface area contributed by atoms with E-state index < -0.39 is 41.6 Å². The van der Waals surface area contributed by atoms with Gasteiger partial charge in [0.2, 0.25) is 11.8 Å². The van der Waals surface area contributed by atoms with Gasteiger partial charge in [0.15, 0.2) is 11.6 Å². The van der Waals surface area contributed by atoms with Gasteiger partial charge in [-0.2, -0.15) is 0 Å². The predicted octanol–water partition coefficient (Wildman–Crippen LogP) is 0.641. The lowest BCUT2D eigenvalue weighted by molar-refractivity contribution is -0.143. The number of nitrogens with one attached hydrogen (secondary N) is 4. The number of amides is 2. The molecule has 12 nitrogen and oxygen atoms in total. The van der Waals surface area contributed by atoms with Crippen molar-refractivity contribution in [2.45, 2.75) is 25.9 Å². The fourth-order valence-electron chi connectivity index (χ4n) is 3.73. The average molecular weight is 525 g/mol. The van der Waals surface area contributed by atoms with Gasteiger partial charge in [-0.3, -0.25) is 39.4 Å². The van der Waals surface area contributed by atoms with Crippen LogP contribution in [-0.4, -0.2) is 74.7 Å². The molecule has 3 rings (SSSR count). The van der Waals surface area contributed by atoms with Gasteiger partial charge < -0.3 is 20.1 Å². The Morgan fingerprint density at radius 1 is 0.658 bits per heavy atom. The van der Waals surface area contributed by atoms with E-state index in [1.54, 1.807) is 13.8 Å². The highest BCUT2D eigenvalue weighted by Crippen LogP contribution is 2.31. The maximum absolute atomic E-state index is 13.3. The van der Waals surface area contributed by atoms with Crippen LogP contribution in [0.1, 0.15) is 45.7 Å². The molecule has 2 aromatic carbocycles. The number of anilines is 2. The van der Waals surface area contributed by atoms with Crippen molar-refractivity contribution in [1.82, 2.24) is 10.6 Å². The normalized spacial score (nSPS) is 13.5. The topological polar surface area (TPSA) is 169 Å². The maximum Gasteiger partial charge on any atom is 0.322 e. The molecule has 0 spiro atoms. The summed E-state index contributed by atoms with van der Waals surface area (Å²) >= 11 is 0. The van der Waals surface area contributed by atoms with Crippen LogP contribution in [-0.2, 0) is 28.7 Å². The third kappa shape index (κ3) is 6.47. The molecule has 12 heteroatoms. The van der Waals surface area contributed by atoms with E-state index in [4.69, 9.17) is 0 Å². The lowest BCUT2D eigenvalue weighted by Crippen LogP contribution is -2.39. The van der Waals surface area contributed by atoms with Crippen LogP contribution in [0.2, 0.25) is 0 Å². The lowest BCUT2D eigenvalue weighted by Gasteiger charge is -2.19. The fraction of sp³-hybridized carbons (Fsp3) is 0.308. The average Bonchev–Trinajstić information content (AvgIpc) is 2.92. The second-order valence-corrected chi connectivity index (χ2v) is 8.53. The first-order valence-corrected chi connectivity index (χ1v) is 11.6. The highest BCUT2D eigenvalue weighted by atomic mass is 16.5. The van der Waals surface area contributed by atoms with E-state index in [-0.39, 0.29) is 41.1 Å². The molecular weight excluding hydrogens is 496 g/mol. The van der Waals surface area contributed by atoms with Gasteiger partial charge in [0.05, 0.1) is 27.3 Å². The number of hydrogen-bond acceptors (Lipinski definition) is 10. The molecule has 1 aliphatic carbocycles. The van der Waals surface area contributed by atoms with E-state index in [2.05, 4.69) is 30.7 Å². The minimum absolute atomic E-state index is 0.105. The number of benzene rings is 2. The van der Waals surface area contributed by atoms with Crippen LogP contribution < -0.4 is 21.3 Å². The molecule has 0 bridgehead atoms. The van der Waals surface area contributed by atoms with E-state index in [0.29, 0.717) is 11.4 Å². The number of fused-ring (bicyclic) bond motifs is 2. The Hall–Kier alpha value is -4.42. The minimum atomic E-state index is -0.688. The van der Waals surface area contributed by atoms with Gasteiger partial charge in [0, 0.05) is 33.6 Å². The molecule has 0 unspecified atom stereocenters. The maximum atomic E-state index is 13.3. The fourth-order valence-corrected chi connectivity index (χ4v) is 3.73. The zero-order valence-corrected chi connectivity index (χ0v) is 21.3. The molecule has 4 N–H and O–H groups in total. The molecule has 1 aliphatic rings. The number of carbonyl (C=O) groups excluding carboxylic acids is 6. The molecule has 38 heavy (non-hydrogen) atoms. The number of carbonyl (C=O) groups is 6. The lowest BCUT2D eigenvalue weighted by atomic mass is 9.83. The Bertz CT molecular complexity index is 1210. The van der Waals surface area contributed by atoms with Crippen molar-refractivity contribution in [2.24, 2.45) is 0 Å². The van der Waals surface area contributed by atoms with E-state index in [9.17, 15) is 28.8 Å². The van der Waals surface area contributed by atoms with Crippen molar-refractivity contribution >= 4 is 46.7 Å². The van der Waals surface area contributed by atoms with Crippen LogP contribution >= 0.6 is 0 Å². The number of ether oxygens (including phenoxy) is 2. The molecule has 0 saturated carbocycles. The summed E-state index contributed by atoms with van der Waals surface area (Å²) in [4.78, 5) is 73.8. The summed E-state index contributed by atoms with van der Waals surface area (Å²) in [5.74, 6) is -2.77. The van der Waals surface area contributed by atoms with Crippen LogP contribution in [0.5, 0.6) is 0 Å². The third-order valence-electron chi connectivity index (χ3n) is 5.83. The van der Waals surface area contributed by atoms with Gasteiger partial charge in [0.1, 0.15) is 12.1 Å². The molecule has 2 aromatic rings. The molecule has 0 radical (unpaired) electrons. The van der Waals surface area contributed by atoms with Crippen molar-refractivity contribution < 1.29 is 38.2 Å². The Morgan fingerprint density at radius 3 is 1.39 bits per heavy atom. The van der Waals surface area contributed by atoms with Crippen molar-refractivity contribution in [3.05, 3.63) is 58.7 Å². The molecule has 200 valence electrons. The second kappa shape index (κ2) is 12.2. The van der Waals surface area contributed by atoms with Gasteiger partial charge >= 0.3 is 11.9 Å². The Morgan fingerprint density at radius 2 is 1.03 bits per heavy atom. The van der Waals surface area contributed by atoms with Crippen LogP contribution in [0.3, 0.4) is 0 Å². The Kier molecular flexibility index (Phi) is 9.05.